The maximum atomic E-state index is 11.0. The van der Waals surface area contributed by atoms with E-state index < -0.39 is 27.2 Å². The molecule has 0 aliphatic carbocycles. The van der Waals surface area contributed by atoms with E-state index in [0.29, 0.717) is 0 Å². The van der Waals surface area contributed by atoms with E-state index >= 15 is 0 Å². The van der Waals surface area contributed by atoms with Crippen molar-refractivity contribution in [3.63, 3.8) is 0 Å². The van der Waals surface area contributed by atoms with Gasteiger partial charge in [0.25, 0.3) is 0 Å². The molecule has 0 aliphatic heterocycles. The van der Waals surface area contributed by atoms with Gasteiger partial charge < -0.3 is 24.3 Å². The normalized spacial score (nSPS) is 13.0. The summed E-state index contributed by atoms with van der Waals surface area (Å²) in [5.74, 6) is 0. The first-order valence-corrected chi connectivity index (χ1v) is 11.7. The van der Waals surface area contributed by atoms with Crippen LogP contribution in [0.15, 0.2) is 0 Å². The molecule has 0 aromatic carbocycles. The Labute approximate surface area is 139 Å². The average molecular weight is 374 g/mol. The predicted octanol–water partition coefficient (Wildman–Crippen LogP) is 3.61. The van der Waals surface area contributed by atoms with Gasteiger partial charge in [-0.2, -0.15) is 0 Å². The molecular weight excluding hydrogens is 342 g/mol. The molecule has 0 aliphatic rings. The lowest BCUT2D eigenvalue weighted by Crippen LogP contribution is -2.17. The molecule has 0 rings (SSSR count). The van der Waals surface area contributed by atoms with Crippen molar-refractivity contribution in [2.75, 3.05) is 13.2 Å². The molecule has 0 aromatic rings. The Morgan fingerprint density at radius 2 is 1.13 bits per heavy atom. The molecule has 7 nitrogen and oxygen atoms in total. The van der Waals surface area contributed by atoms with E-state index in [1.54, 1.807) is 0 Å². The maximum Gasteiger partial charge on any atom is 0.343 e. The lowest BCUT2D eigenvalue weighted by Gasteiger charge is -2.19. The molecule has 0 radical (unpaired) electrons. The number of hydrogen-bond acceptors (Lipinski definition) is 3. The second-order valence-corrected chi connectivity index (χ2v) is 9.93. The second-order valence-electron chi connectivity index (χ2n) is 5.92. The molecular formula is C14H32O7P2. The molecule has 140 valence electrons. The Morgan fingerprint density at radius 1 is 0.739 bits per heavy atom. The van der Waals surface area contributed by atoms with Crippen molar-refractivity contribution in [3.8, 4) is 0 Å². The van der Waals surface area contributed by atoms with Crippen molar-refractivity contribution in [3.05, 3.63) is 0 Å². The highest BCUT2D eigenvalue weighted by molar-refractivity contribution is 7.70. The highest BCUT2D eigenvalue weighted by Crippen LogP contribution is 2.59. The molecule has 4 N–H and O–H groups in total. The molecule has 23 heavy (non-hydrogen) atoms. The van der Waals surface area contributed by atoms with Gasteiger partial charge in [0.2, 0.25) is 0 Å². The standard InChI is InChI=1S/C14H32O7P2/c1-2-3-4-5-6-7-8-9-10-11-12-21-13-14(22(15,16)17)23(18,19)20/h14H,2-13H2,1H3,(H2,15,16,17)(H2,18,19,20). The van der Waals surface area contributed by atoms with Crippen LogP contribution in [0.4, 0.5) is 0 Å². The Hall–Kier alpha value is 0.260. The minimum Gasteiger partial charge on any atom is -0.380 e. The van der Waals surface area contributed by atoms with Crippen LogP contribution in [0.2, 0.25) is 0 Å². The summed E-state index contributed by atoms with van der Waals surface area (Å²) in [4.78, 5) is 35.7. The monoisotopic (exact) mass is 374 g/mol. The minimum absolute atomic E-state index is 0.257. The van der Waals surface area contributed by atoms with Crippen LogP contribution in [0.3, 0.4) is 0 Å². The molecule has 0 unspecified atom stereocenters. The Morgan fingerprint density at radius 3 is 1.52 bits per heavy atom. The van der Waals surface area contributed by atoms with Gasteiger partial charge in [-0.25, -0.2) is 0 Å². The van der Waals surface area contributed by atoms with Gasteiger partial charge >= 0.3 is 15.2 Å². The van der Waals surface area contributed by atoms with Crippen LogP contribution >= 0.6 is 15.2 Å². The fourth-order valence-electron chi connectivity index (χ4n) is 2.27. The van der Waals surface area contributed by atoms with Crippen LogP contribution in [-0.2, 0) is 13.9 Å². The second kappa shape index (κ2) is 12.6. The molecule has 0 amide bonds. The first-order valence-electron chi connectivity index (χ1n) is 8.37. The average Bonchev–Trinajstić information content (AvgIpc) is 2.41. The van der Waals surface area contributed by atoms with E-state index in [-0.39, 0.29) is 6.61 Å². The molecule has 0 saturated carbocycles. The number of unbranched alkanes of at least 4 members (excludes halogenated alkanes) is 9. The van der Waals surface area contributed by atoms with Crippen molar-refractivity contribution in [1.29, 1.82) is 0 Å². The largest absolute Gasteiger partial charge is 0.380 e. The van der Waals surface area contributed by atoms with Gasteiger partial charge in [-0.3, -0.25) is 9.13 Å². The highest BCUT2D eigenvalue weighted by atomic mass is 31.2. The summed E-state index contributed by atoms with van der Waals surface area (Å²) in [6.45, 7) is 1.84. The van der Waals surface area contributed by atoms with E-state index in [4.69, 9.17) is 24.3 Å². The van der Waals surface area contributed by atoms with Crippen molar-refractivity contribution < 1.29 is 33.4 Å². The lowest BCUT2D eigenvalue weighted by molar-refractivity contribution is 0.130. The molecule has 0 bridgehead atoms. The van der Waals surface area contributed by atoms with E-state index in [2.05, 4.69) is 6.92 Å². The number of ether oxygens (including phenoxy) is 1. The van der Waals surface area contributed by atoms with Crippen LogP contribution in [0.25, 0.3) is 0 Å². The van der Waals surface area contributed by atoms with Crippen molar-refractivity contribution in [2.24, 2.45) is 0 Å². The quantitative estimate of drug-likeness (QED) is 0.255. The van der Waals surface area contributed by atoms with Crippen molar-refractivity contribution in [1.82, 2.24) is 0 Å². The Kier molecular flexibility index (Phi) is 12.7. The maximum absolute atomic E-state index is 11.0. The SMILES string of the molecule is CCCCCCCCCCCCOCC(P(=O)(O)O)P(=O)(O)O. The van der Waals surface area contributed by atoms with Gasteiger partial charge in [0, 0.05) is 6.61 Å². The summed E-state index contributed by atoms with van der Waals surface area (Å²) in [7, 11) is -9.74. The summed E-state index contributed by atoms with van der Waals surface area (Å²) in [5.41, 5.74) is 0. The number of hydrogen-bond donors (Lipinski definition) is 4. The van der Waals surface area contributed by atoms with Gasteiger partial charge in [-0.15, -0.1) is 0 Å². The van der Waals surface area contributed by atoms with E-state index in [9.17, 15) is 9.13 Å². The number of rotatable bonds is 15. The first-order chi connectivity index (χ1) is 10.7. The van der Waals surface area contributed by atoms with E-state index in [1.807, 2.05) is 0 Å². The Bertz CT molecular complexity index is 355. The molecule has 0 atom stereocenters. The molecule has 0 spiro atoms. The van der Waals surface area contributed by atoms with Gasteiger partial charge in [0.1, 0.15) is 0 Å². The van der Waals surface area contributed by atoms with Crippen molar-refractivity contribution >= 4 is 15.2 Å². The zero-order valence-corrected chi connectivity index (χ0v) is 15.8. The van der Waals surface area contributed by atoms with Crippen molar-refractivity contribution in [2.45, 2.75) is 76.5 Å². The summed E-state index contributed by atoms with van der Waals surface area (Å²) in [5, 5.41) is -2.06. The van der Waals surface area contributed by atoms with Gasteiger partial charge in [-0.1, -0.05) is 64.7 Å². The van der Waals surface area contributed by atoms with Crippen LogP contribution in [0, 0.1) is 0 Å². The van der Waals surface area contributed by atoms with Gasteiger partial charge in [0.05, 0.1) is 6.61 Å². The first kappa shape index (κ1) is 23.3. The topological polar surface area (TPSA) is 124 Å². The van der Waals surface area contributed by atoms with Gasteiger partial charge in [-0.05, 0) is 6.42 Å². The Balaban J connectivity index is 3.58. The van der Waals surface area contributed by atoms with E-state index in [0.717, 1.165) is 19.3 Å². The molecule has 0 heterocycles. The zero-order valence-electron chi connectivity index (χ0n) is 14.0. The fourth-order valence-corrected chi connectivity index (χ4v) is 4.44. The third-order valence-corrected chi connectivity index (χ3v) is 7.34. The van der Waals surface area contributed by atoms with Crippen LogP contribution < -0.4 is 0 Å². The summed E-state index contributed by atoms with van der Waals surface area (Å²) in [6, 6.07) is 0. The van der Waals surface area contributed by atoms with Gasteiger partial charge in [0.15, 0.2) is 5.40 Å². The molecule has 0 fully saturated rings. The molecule has 0 saturated heterocycles. The molecule has 9 heteroatoms. The zero-order chi connectivity index (χ0) is 17.8. The highest BCUT2D eigenvalue weighted by Gasteiger charge is 2.43. The third kappa shape index (κ3) is 13.2. The minimum atomic E-state index is -4.87. The smallest absolute Gasteiger partial charge is 0.343 e. The van der Waals surface area contributed by atoms with Crippen LogP contribution in [0.5, 0.6) is 0 Å². The van der Waals surface area contributed by atoms with Crippen LogP contribution in [0.1, 0.15) is 71.1 Å². The van der Waals surface area contributed by atoms with Crippen LogP contribution in [-0.4, -0.2) is 38.2 Å². The summed E-state index contributed by atoms with van der Waals surface area (Å²) in [6.07, 6.45) is 11.6. The fraction of sp³-hybridized carbons (Fsp3) is 1.00. The summed E-state index contributed by atoms with van der Waals surface area (Å²) >= 11 is 0. The summed E-state index contributed by atoms with van der Waals surface area (Å²) < 4.78 is 27.1. The predicted molar refractivity (Wildman–Crippen MR) is 90.5 cm³/mol. The lowest BCUT2D eigenvalue weighted by atomic mass is 10.1. The molecule has 0 aromatic heterocycles. The third-order valence-electron chi connectivity index (χ3n) is 3.69. The van der Waals surface area contributed by atoms with E-state index in [1.165, 1.54) is 44.9 Å².